The van der Waals surface area contributed by atoms with Crippen LogP contribution in [0.2, 0.25) is 0 Å². The molecule has 2 N–H and O–H groups in total. The van der Waals surface area contributed by atoms with Crippen molar-refractivity contribution in [2.75, 3.05) is 19.8 Å². The van der Waals surface area contributed by atoms with Crippen LogP contribution in [0.3, 0.4) is 0 Å². The first-order valence-electron chi connectivity index (χ1n) is 6.25. The Bertz CT molecular complexity index is 233. The fourth-order valence-electron chi connectivity index (χ4n) is 1.97. The number of rotatable bonds is 4. The van der Waals surface area contributed by atoms with E-state index in [0.29, 0.717) is 19.8 Å². The largest absolute Gasteiger partial charge is 0.377 e. The number of morpholine rings is 1. The van der Waals surface area contributed by atoms with E-state index in [1.807, 2.05) is 11.8 Å². The molecule has 1 aliphatic heterocycles. The molecule has 2 unspecified atom stereocenters. The van der Waals surface area contributed by atoms with E-state index in [2.05, 4.69) is 13.8 Å². The molecule has 0 spiro atoms. The Labute approximate surface area is 98.1 Å². The van der Waals surface area contributed by atoms with Gasteiger partial charge in [0.1, 0.15) is 0 Å². The van der Waals surface area contributed by atoms with Gasteiger partial charge >= 0.3 is 0 Å². The number of ether oxygens (including phenoxy) is 1. The van der Waals surface area contributed by atoms with Crippen molar-refractivity contribution in [3.05, 3.63) is 0 Å². The van der Waals surface area contributed by atoms with Crippen LogP contribution in [-0.2, 0) is 9.53 Å². The minimum Gasteiger partial charge on any atom is -0.377 e. The third kappa shape index (κ3) is 2.95. The van der Waals surface area contributed by atoms with E-state index in [9.17, 15) is 4.79 Å². The van der Waals surface area contributed by atoms with Crippen LogP contribution >= 0.6 is 0 Å². The molecule has 0 bridgehead atoms. The monoisotopic (exact) mass is 228 g/mol. The highest BCUT2D eigenvalue weighted by atomic mass is 16.5. The second-order valence-corrected chi connectivity index (χ2v) is 4.58. The van der Waals surface area contributed by atoms with Crippen molar-refractivity contribution in [2.45, 2.75) is 45.7 Å². The average molecular weight is 228 g/mol. The number of carbonyl (C=O) groups excluding carboxylic acids is 1. The molecule has 94 valence electrons. The molecule has 0 aliphatic carbocycles. The van der Waals surface area contributed by atoms with Gasteiger partial charge in [-0.1, -0.05) is 27.2 Å². The lowest BCUT2D eigenvalue weighted by Gasteiger charge is -2.37. The number of hydrogen-bond acceptors (Lipinski definition) is 3. The maximum Gasteiger partial charge on any atom is 0.240 e. The van der Waals surface area contributed by atoms with E-state index < -0.39 is 0 Å². The van der Waals surface area contributed by atoms with E-state index in [0.717, 1.165) is 12.8 Å². The minimum atomic E-state index is -0.364. The molecule has 1 saturated heterocycles. The van der Waals surface area contributed by atoms with Crippen LogP contribution in [0.4, 0.5) is 0 Å². The van der Waals surface area contributed by atoms with Crippen LogP contribution in [0.1, 0.15) is 33.6 Å². The van der Waals surface area contributed by atoms with Crippen molar-refractivity contribution < 1.29 is 9.53 Å². The molecule has 1 rings (SSSR count). The van der Waals surface area contributed by atoms with Crippen molar-refractivity contribution in [1.82, 2.24) is 4.90 Å². The Morgan fingerprint density at radius 2 is 2.25 bits per heavy atom. The summed E-state index contributed by atoms with van der Waals surface area (Å²) in [6.45, 7) is 8.14. The molecule has 1 aliphatic rings. The third-order valence-corrected chi connectivity index (χ3v) is 3.52. The Hall–Kier alpha value is -0.610. The van der Waals surface area contributed by atoms with Crippen LogP contribution < -0.4 is 5.73 Å². The van der Waals surface area contributed by atoms with Gasteiger partial charge in [0.15, 0.2) is 0 Å². The zero-order valence-electron chi connectivity index (χ0n) is 10.6. The molecule has 0 radical (unpaired) electrons. The fraction of sp³-hybridized carbons (Fsp3) is 0.917. The highest BCUT2D eigenvalue weighted by Gasteiger charge is 2.31. The topological polar surface area (TPSA) is 55.6 Å². The number of amides is 1. The van der Waals surface area contributed by atoms with Gasteiger partial charge in [0, 0.05) is 6.54 Å². The van der Waals surface area contributed by atoms with Gasteiger partial charge in [-0.3, -0.25) is 4.79 Å². The molecule has 16 heavy (non-hydrogen) atoms. The Kier molecular flexibility index (Phi) is 5.22. The summed E-state index contributed by atoms with van der Waals surface area (Å²) in [6.07, 6.45) is 1.87. The zero-order valence-corrected chi connectivity index (χ0v) is 10.6. The Balaban J connectivity index is 2.63. The quantitative estimate of drug-likeness (QED) is 0.781. The standard InChI is InChI=1S/C12H24N2O2/c1-4-9(3)11(13)12(15)14-6-7-16-8-10(14)5-2/h9-11H,4-8,13H2,1-3H3/t9?,10?,11-/m0/s1. The normalized spacial score (nSPS) is 25.2. The van der Waals surface area contributed by atoms with E-state index in [4.69, 9.17) is 10.5 Å². The third-order valence-electron chi connectivity index (χ3n) is 3.52. The van der Waals surface area contributed by atoms with Crippen molar-refractivity contribution in [2.24, 2.45) is 11.7 Å². The minimum absolute atomic E-state index is 0.0875. The summed E-state index contributed by atoms with van der Waals surface area (Å²) in [5, 5.41) is 0. The number of nitrogens with zero attached hydrogens (tertiary/aromatic N) is 1. The zero-order chi connectivity index (χ0) is 12.1. The van der Waals surface area contributed by atoms with Gasteiger partial charge in [-0.25, -0.2) is 0 Å². The Morgan fingerprint density at radius 1 is 1.56 bits per heavy atom. The van der Waals surface area contributed by atoms with Crippen LogP contribution in [0.25, 0.3) is 0 Å². The summed E-state index contributed by atoms with van der Waals surface area (Å²) in [5.74, 6) is 0.331. The fourth-order valence-corrected chi connectivity index (χ4v) is 1.97. The summed E-state index contributed by atoms with van der Waals surface area (Å²) < 4.78 is 5.39. The van der Waals surface area contributed by atoms with Crippen molar-refractivity contribution in [3.8, 4) is 0 Å². The lowest BCUT2D eigenvalue weighted by Crippen LogP contribution is -2.55. The summed E-state index contributed by atoms with van der Waals surface area (Å²) in [4.78, 5) is 14.1. The van der Waals surface area contributed by atoms with E-state index in [1.54, 1.807) is 0 Å². The molecule has 1 heterocycles. The van der Waals surface area contributed by atoms with Gasteiger partial charge in [0.05, 0.1) is 25.3 Å². The lowest BCUT2D eigenvalue weighted by molar-refractivity contribution is -0.142. The van der Waals surface area contributed by atoms with Gasteiger partial charge in [-0.05, 0) is 12.3 Å². The second kappa shape index (κ2) is 6.21. The smallest absolute Gasteiger partial charge is 0.240 e. The molecule has 1 amide bonds. The number of nitrogens with two attached hydrogens (primary N) is 1. The predicted octanol–water partition coefficient (Wildman–Crippen LogP) is 0.997. The van der Waals surface area contributed by atoms with E-state index in [-0.39, 0.29) is 23.9 Å². The van der Waals surface area contributed by atoms with E-state index in [1.165, 1.54) is 0 Å². The van der Waals surface area contributed by atoms with Gasteiger partial charge < -0.3 is 15.4 Å². The average Bonchev–Trinajstić information content (AvgIpc) is 2.35. The summed E-state index contributed by atoms with van der Waals surface area (Å²) in [5.41, 5.74) is 5.99. The first-order valence-corrected chi connectivity index (χ1v) is 6.25. The Morgan fingerprint density at radius 3 is 2.81 bits per heavy atom. The van der Waals surface area contributed by atoms with E-state index >= 15 is 0 Å². The summed E-state index contributed by atoms with van der Waals surface area (Å²) in [7, 11) is 0. The van der Waals surface area contributed by atoms with Gasteiger partial charge in [-0.2, -0.15) is 0 Å². The highest BCUT2D eigenvalue weighted by molar-refractivity contribution is 5.82. The SMILES string of the molecule is CCC(C)[C@H](N)C(=O)N1CCOCC1CC. The number of carbonyl (C=O) groups is 1. The first-order chi connectivity index (χ1) is 7.61. The molecule has 0 aromatic heterocycles. The second-order valence-electron chi connectivity index (χ2n) is 4.58. The number of hydrogen-bond donors (Lipinski definition) is 1. The molecular weight excluding hydrogens is 204 g/mol. The highest BCUT2D eigenvalue weighted by Crippen LogP contribution is 2.15. The molecule has 4 nitrogen and oxygen atoms in total. The van der Waals surface area contributed by atoms with Crippen LogP contribution in [-0.4, -0.2) is 42.6 Å². The predicted molar refractivity (Wildman–Crippen MR) is 64.0 cm³/mol. The van der Waals surface area contributed by atoms with Crippen LogP contribution in [0.5, 0.6) is 0 Å². The lowest BCUT2D eigenvalue weighted by atomic mass is 9.98. The molecule has 0 saturated carbocycles. The van der Waals surface area contributed by atoms with Crippen molar-refractivity contribution >= 4 is 5.91 Å². The molecule has 4 heteroatoms. The maximum absolute atomic E-state index is 12.2. The summed E-state index contributed by atoms with van der Waals surface area (Å²) in [6, 6.07) is -0.159. The van der Waals surface area contributed by atoms with Crippen molar-refractivity contribution in [3.63, 3.8) is 0 Å². The first kappa shape index (κ1) is 13.5. The molecular formula is C12H24N2O2. The summed E-state index contributed by atoms with van der Waals surface area (Å²) >= 11 is 0. The maximum atomic E-state index is 12.2. The van der Waals surface area contributed by atoms with Crippen LogP contribution in [0, 0.1) is 5.92 Å². The van der Waals surface area contributed by atoms with Gasteiger partial charge in [0.2, 0.25) is 5.91 Å². The van der Waals surface area contributed by atoms with Gasteiger partial charge in [-0.15, -0.1) is 0 Å². The molecule has 3 atom stereocenters. The molecule has 0 aromatic rings. The van der Waals surface area contributed by atoms with Gasteiger partial charge in [0.25, 0.3) is 0 Å². The van der Waals surface area contributed by atoms with Crippen molar-refractivity contribution in [1.29, 1.82) is 0 Å². The molecule has 0 aromatic carbocycles. The molecule has 1 fully saturated rings. The van der Waals surface area contributed by atoms with Crippen LogP contribution in [0.15, 0.2) is 0 Å².